The van der Waals surface area contributed by atoms with Gasteiger partial charge < -0.3 is 15.1 Å². The van der Waals surface area contributed by atoms with Crippen molar-refractivity contribution < 1.29 is 14.4 Å². The standard InChI is InChI=1S/C18H22N4O3/c1-13(23)21-8-10-22(11-9-21)17(25)18(2,3)16(24)20-15-6-4-14(12-19)5-7-15/h4-7H,8-11H2,1-3H3,(H,20,24). The van der Waals surface area contributed by atoms with Gasteiger partial charge in [-0.05, 0) is 38.1 Å². The van der Waals surface area contributed by atoms with Crippen molar-refractivity contribution in [2.24, 2.45) is 5.41 Å². The van der Waals surface area contributed by atoms with Crippen LogP contribution in [0.3, 0.4) is 0 Å². The van der Waals surface area contributed by atoms with Crippen molar-refractivity contribution in [1.82, 2.24) is 9.80 Å². The number of nitriles is 1. The maximum absolute atomic E-state index is 12.7. The van der Waals surface area contributed by atoms with E-state index in [9.17, 15) is 14.4 Å². The van der Waals surface area contributed by atoms with Crippen LogP contribution >= 0.6 is 0 Å². The number of carbonyl (C=O) groups is 3. The number of piperazine rings is 1. The van der Waals surface area contributed by atoms with Crippen LogP contribution in [0.25, 0.3) is 0 Å². The molecule has 1 aromatic carbocycles. The Morgan fingerprint density at radius 1 is 1.04 bits per heavy atom. The van der Waals surface area contributed by atoms with E-state index in [-0.39, 0.29) is 11.8 Å². The van der Waals surface area contributed by atoms with Gasteiger partial charge in [-0.15, -0.1) is 0 Å². The predicted octanol–water partition coefficient (Wildman–Crippen LogP) is 1.21. The molecular formula is C18H22N4O3. The lowest BCUT2D eigenvalue weighted by molar-refractivity contribution is -0.149. The van der Waals surface area contributed by atoms with Gasteiger partial charge in [-0.2, -0.15) is 5.26 Å². The van der Waals surface area contributed by atoms with Crippen LogP contribution in [0.5, 0.6) is 0 Å². The first-order valence-electron chi connectivity index (χ1n) is 8.12. The number of anilines is 1. The summed E-state index contributed by atoms with van der Waals surface area (Å²) in [5.41, 5.74) is -0.199. The molecule has 7 heteroatoms. The molecule has 3 amide bonds. The highest BCUT2D eigenvalue weighted by Gasteiger charge is 2.40. The predicted molar refractivity (Wildman–Crippen MR) is 92.4 cm³/mol. The first-order chi connectivity index (χ1) is 11.8. The maximum atomic E-state index is 12.7. The largest absolute Gasteiger partial charge is 0.339 e. The van der Waals surface area contributed by atoms with Gasteiger partial charge >= 0.3 is 0 Å². The highest BCUT2D eigenvalue weighted by Crippen LogP contribution is 2.23. The van der Waals surface area contributed by atoms with E-state index in [2.05, 4.69) is 5.32 Å². The van der Waals surface area contributed by atoms with E-state index in [1.165, 1.54) is 6.92 Å². The molecule has 1 heterocycles. The van der Waals surface area contributed by atoms with Gasteiger partial charge in [0.05, 0.1) is 11.6 Å². The molecule has 132 valence electrons. The molecule has 1 aromatic rings. The third-order valence-electron chi connectivity index (χ3n) is 4.39. The van der Waals surface area contributed by atoms with E-state index >= 15 is 0 Å². The van der Waals surface area contributed by atoms with Crippen LogP contribution in [-0.2, 0) is 14.4 Å². The first kappa shape index (κ1) is 18.5. The minimum absolute atomic E-state index is 0.00934. The van der Waals surface area contributed by atoms with Gasteiger partial charge in [0.25, 0.3) is 0 Å². The molecule has 0 aromatic heterocycles. The van der Waals surface area contributed by atoms with Gasteiger partial charge in [0.1, 0.15) is 5.41 Å². The molecule has 1 fully saturated rings. The number of nitrogens with one attached hydrogen (secondary N) is 1. The molecule has 0 bridgehead atoms. The van der Waals surface area contributed by atoms with Gasteiger partial charge in [-0.25, -0.2) is 0 Å². The Morgan fingerprint density at radius 2 is 1.56 bits per heavy atom. The summed E-state index contributed by atoms with van der Waals surface area (Å²) in [5, 5.41) is 11.5. The second-order valence-corrected chi connectivity index (χ2v) is 6.57. The second kappa shape index (κ2) is 7.34. The second-order valence-electron chi connectivity index (χ2n) is 6.57. The molecule has 0 radical (unpaired) electrons. The number of carbonyl (C=O) groups excluding carboxylic acids is 3. The highest BCUT2D eigenvalue weighted by atomic mass is 16.2. The monoisotopic (exact) mass is 342 g/mol. The molecule has 0 aliphatic carbocycles. The van der Waals surface area contributed by atoms with Gasteiger partial charge in [0.2, 0.25) is 17.7 Å². The first-order valence-corrected chi connectivity index (χ1v) is 8.12. The molecule has 1 saturated heterocycles. The van der Waals surface area contributed by atoms with Crippen molar-refractivity contribution >= 4 is 23.4 Å². The fourth-order valence-electron chi connectivity index (χ4n) is 2.63. The Bertz CT molecular complexity index is 711. The number of hydrogen-bond acceptors (Lipinski definition) is 4. The fraction of sp³-hybridized carbons (Fsp3) is 0.444. The van der Waals surface area contributed by atoms with E-state index < -0.39 is 11.3 Å². The molecule has 1 aliphatic rings. The SMILES string of the molecule is CC(=O)N1CCN(C(=O)C(C)(C)C(=O)Nc2ccc(C#N)cc2)CC1. The molecule has 1 N–H and O–H groups in total. The molecule has 0 atom stereocenters. The summed E-state index contributed by atoms with van der Waals surface area (Å²) < 4.78 is 0. The summed E-state index contributed by atoms with van der Waals surface area (Å²) in [4.78, 5) is 40.0. The summed E-state index contributed by atoms with van der Waals surface area (Å²) in [6.07, 6.45) is 0. The molecule has 1 aliphatic heterocycles. The van der Waals surface area contributed by atoms with Crippen LogP contribution in [0.1, 0.15) is 26.3 Å². The van der Waals surface area contributed by atoms with Crippen molar-refractivity contribution in [3.63, 3.8) is 0 Å². The highest BCUT2D eigenvalue weighted by molar-refractivity contribution is 6.09. The van der Waals surface area contributed by atoms with Crippen LogP contribution in [0.4, 0.5) is 5.69 Å². The Balaban J connectivity index is 2.01. The Morgan fingerprint density at radius 3 is 2.04 bits per heavy atom. The normalized spacial score (nSPS) is 14.6. The van der Waals surface area contributed by atoms with Crippen molar-refractivity contribution in [3.05, 3.63) is 29.8 Å². The van der Waals surface area contributed by atoms with Gasteiger partial charge in [-0.1, -0.05) is 0 Å². The summed E-state index contributed by atoms with van der Waals surface area (Å²) >= 11 is 0. The lowest BCUT2D eigenvalue weighted by atomic mass is 9.89. The zero-order valence-corrected chi connectivity index (χ0v) is 14.7. The van der Waals surface area contributed by atoms with Crippen molar-refractivity contribution in [3.8, 4) is 6.07 Å². The number of nitrogens with zero attached hydrogens (tertiary/aromatic N) is 3. The maximum Gasteiger partial charge on any atom is 0.239 e. The zero-order valence-electron chi connectivity index (χ0n) is 14.7. The number of hydrogen-bond donors (Lipinski definition) is 1. The van der Waals surface area contributed by atoms with Crippen LogP contribution < -0.4 is 5.32 Å². The van der Waals surface area contributed by atoms with Crippen LogP contribution in [-0.4, -0.2) is 53.7 Å². The summed E-state index contributed by atoms with van der Waals surface area (Å²) in [6.45, 7) is 6.49. The van der Waals surface area contributed by atoms with E-state index in [4.69, 9.17) is 5.26 Å². The molecule has 2 rings (SSSR count). The molecule has 25 heavy (non-hydrogen) atoms. The lowest BCUT2D eigenvalue weighted by Gasteiger charge is -2.37. The Hall–Kier alpha value is -2.88. The Labute approximate surface area is 147 Å². The molecular weight excluding hydrogens is 320 g/mol. The van der Waals surface area contributed by atoms with Crippen molar-refractivity contribution in [1.29, 1.82) is 5.26 Å². The van der Waals surface area contributed by atoms with Crippen LogP contribution in [0.2, 0.25) is 0 Å². The Kier molecular flexibility index (Phi) is 5.42. The fourth-order valence-corrected chi connectivity index (χ4v) is 2.63. The molecule has 7 nitrogen and oxygen atoms in total. The topological polar surface area (TPSA) is 93.5 Å². The molecule has 0 saturated carbocycles. The smallest absolute Gasteiger partial charge is 0.239 e. The zero-order chi connectivity index (χ0) is 18.6. The third-order valence-corrected chi connectivity index (χ3v) is 4.39. The van der Waals surface area contributed by atoms with Gasteiger partial charge in [0.15, 0.2) is 0 Å². The minimum Gasteiger partial charge on any atom is -0.339 e. The summed E-state index contributed by atoms with van der Waals surface area (Å²) in [7, 11) is 0. The average Bonchev–Trinajstić information content (AvgIpc) is 2.61. The molecule has 0 spiro atoms. The van der Waals surface area contributed by atoms with Crippen LogP contribution in [0, 0.1) is 16.7 Å². The van der Waals surface area contributed by atoms with Crippen molar-refractivity contribution in [2.75, 3.05) is 31.5 Å². The summed E-state index contributed by atoms with van der Waals surface area (Å²) in [6, 6.07) is 8.47. The van der Waals surface area contributed by atoms with E-state index in [0.717, 1.165) is 0 Å². The quantitative estimate of drug-likeness (QED) is 0.836. The number of amides is 3. The average molecular weight is 342 g/mol. The molecule has 0 unspecified atom stereocenters. The number of benzene rings is 1. The lowest BCUT2D eigenvalue weighted by Crippen LogP contribution is -2.55. The van der Waals surface area contributed by atoms with E-state index in [1.807, 2.05) is 6.07 Å². The summed E-state index contributed by atoms with van der Waals surface area (Å²) in [5.74, 6) is -0.678. The van der Waals surface area contributed by atoms with Gasteiger partial charge in [-0.3, -0.25) is 14.4 Å². The van der Waals surface area contributed by atoms with E-state index in [1.54, 1.807) is 47.9 Å². The van der Waals surface area contributed by atoms with Gasteiger partial charge in [0, 0.05) is 38.8 Å². The third kappa shape index (κ3) is 4.15. The minimum atomic E-state index is -1.23. The van der Waals surface area contributed by atoms with Crippen LogP contribution in [0.15, 0.2) is 24.3 Å². The van der Waals surface area contributed by atoms with Crippen molar-refractivity contribution in [2.45, 2.75) is 20.8 Å². The van der Waals surface area contributed by atoms with E-state index in [0.29, 0.717) is 37.4 Å². The number of rotatable bonds is 3.